The standard InChI is InChI=1S/C2HCl3O2.Na/c3-2(4,5)1(6)7;/h(H,6,7);/q;+1/p-1. The molecule has 0 saturated carbocycles. The molecular formula is C2Cl3NaO2. The minimum atomic E-state index is -2.28. The fourth-order valence-corrected chi connectivity index (χ4v) is 0. The van der Waals surface area contributed by atoms with Crippen LogP contribution in [0.4, 0.5) is 0 Å². The Morgan fingerprint density at radius 2 is 1.50 bits per heavy atom. The smallest absolute Gasteiger partial charge is 0.545 e. The van der Waals surface area contributed by atoms with Crippen LogP contribution in [-0.2, 0) is 4.79 Å². The Kier molecular flexibility index (Phi) is 6.33. The first-order valence-corrected chi connectivity index (χ1v) is 2.36. The van der Waals surface area contributed by atoms with Gasteiger partial charge in [-0.1, -0.05) is 34.8 Å². The first kappa shape index (κ1) is 12.1. The van der Waals surface area contributed by atoms with E-state index in [4.69, 9.17) is 34.8 Å². The van der Waals surface area contributed by atoms with Crippen molar-refractivity contribution in [3.05, 3.63) is 0 Å². The van der Waals surface area contributed by atoms with Gasteiger partial charge in [-0.3, -0.25) is 0 Å². The summed E-state index contributed by atoms with van der Waals surface area (Å²) >= 11 is 14.2. The SMILES string of the molecule is O=C([O-])C(Cl)(Cl)Cl.[Na+]. The molecule has 0 unspecified atom stereocenters. The van der Waals surface area contributed by atoms with Gasteiger partial charge in [-0.25, -0.2) is 0 Å². The summed E-state index contributed by atoms with van der Waals surface area (Å²) in [5, 5.41) is 9.51. The van der Waals surface area contributed by atoms with Gasteiger partial charge in [0.2, 0.25) is 3.79 Å². The van der Waals surface area contributed by atoms with Gasteiger partial charge >= 0.3 is 29.6 Å². The topological polar surface area (TPSA) is 40.1 Å². The molecule has 0 amide bonds. The van der Waals surface area contributed by atoms with Gasteiger partial charge < -0.3 is 9.90 Å². The zero-order chi connectivity index (χ0) is 6.08. The van der Waals surface area contributed by atoms with E-state index in [1.54, 1.807) is 0 Å². The molecule has 0 aromatic heterocycles. The molecule has 0 saturated heterocycles. The predicted octanol–water partition coefficient (Wildman–Crippen LogP) is -2.89. The number of carbonyl (C=O) groups is 1. The summed E-state index contributed by atoms with van der Waals surface area (Å²) in [4.78, 5) is 9.51. The van der Waals surface area contributed by atoms with E-state index in [1.165, 1.54) is 0 Å². The Balaban J connectivity index is 0. The second kappa shape index (κ2) is 4.20. The van der Waals surface area contributed by atoms with Gasteiger partial charge in [0.05, 0.1) is 5.97 Å². The summed E-state index contributed by atoms with van der Waals surface area (Å²) in [5.41, 5.74) is 0. The van der Waals surface area contributed by atoms with Gasteiger partial charge in [0.1, 0.15) is 0 Å². The summed E-state index contributed by atoms with van der Waals surface area (Å²) < 4.78 is -2.28. The summed E-state index contributed by atoms with van der Waals surface area (Å²) in [6, 6.07) is 0. The fourth-order valence-electron chi connectivity index (χ4n) is 0. The van der Waals surface area contributed by atoms with Crippen LogP contribution in [0.2, 0.25) is 0 Å². The van der Waals surface area contributed by atoms with Gasteiger partial charge in [0, 0.05) is 0 Å². The number of rotatable bonds is 0. The number of hydrogen-bond acceptors (Lipinski definition) is 2. The third kappa shape index (κ3) is 5.48. The number of aliphatic carboxylic acids is 1. The van der Waals surface area contributed by atoms with E-state index in [1.807, 2.05) is 0 Å². The molecule has 0 fully saturated rings. The molecule has 6 heteroatoms. The van der Waals surface area contributed by atoms with Crippen molar-refractivity contribution in [2.24, 2.45) is 0 Å². The third-order valence-electron chi connectivity index (χ3n) is 0.231. The number of carbonyl (C=O) groups excluding carboxylic acids is 1. The third-order valence-corrected chi connectivity index (χ3v) is 0.694. The van der Waals surface area contributed by atoms with Crippen LogP contribution in [0.3, 0.4) is 0 Å². The molecule has 0 radical (unpaired) electrons. The molecule has 0 aliphatic heterocycles. The van der Waals surface area contributed by atoms with Crippen LogP contribution in [0.1, 0.15) is 0 Å². The second-order valence-corrected chi connectivity index (χ2v) is 3.07. The molecule has 0 aromatic rings. The van der Waals surface area contributed by atoms with Gasteiger partial charge in [-0.15, -0.1) is 0 Å². The molecule has 2 nitrogen and oxygen atoms in total. The maximum atomic E-state index is 9.51. The molecule has 0 atom stereocenters. The maximum Gasteiger partial charge on any atom is 1.00 e. The van der Waals surface area contributed by atoms with E-state index < -0.39 is 9.76 Å². The maximum absolute atomic E-state index is 9.51. The van der Waals surface area contributed by atoms with Crippen LogP contribution in [0.25, 0.3) is 0 Å². The number of carboxylic acids is 1. The van der Waals surface area contributed by atoms with E-state index >= 15 is 0 Å². The Bertz CT molecular complexity index is 87.8. The van der Waals surface area contributed by atoms with Crippen LogP contribution in [0, 0.1) is 0 Å². The van der Waals surface area contributed by atoms with Crippen molar-refractivity contribution in [1.29, 1.82) is 0 Å². The minimum Gasteiger partial charge on any atom is -0.545 e. The Hall–Kier alpha value is 1.34. The monoisotopic (exact) mass is 184 g/mol. The molecule has 0 aromatic carbocycles. The number of alkyl halides is 3. The van der Waals surface area contributed by atoms with Crippen molar-refractivity contribution < 1.29 is 39.5 Å². The zero-order valence-electron chi connectivity index (χ0n) is 3.95. The van der Waals surface area contributed by atoms with Gasteiger partial charge in [-0.05, 0) is 0 Å². The normalized spacial score (nSPS) is 9.88. The minimum absolute atomic E-state index is 0. The Morgan fingerprint density at radius 3 is 1.50 bits per heavy atom. The van der Waals surface area contributed by atoms with Gasteiger partial charge in [-0.2, -0.15) is 0 Å². The van der Waals surface area contributed by atoms with Crippen LogP contribution in [0.15, 0.2) is 0 Å². The van der Waals surface area contributed by atoms with Gasteiger partial charge in [0.25, 0.3) is 0 Å². The molecule has 0 aliphatic rings. The van der Waals surface area contributed by atoms with Crippen LogP contribution >= 0.6 is 34.8 Å². The summed E-state index contributed by atoms with van der Waals surface area (Å²) in [7, 11) is 0. The van der Waals surface area contributed by atoms with E-state index in [0.29, 0.717) is 0 Å². The molecule has 0 heterocycles. The van der Waals surface area contributed by atoms with Crippen molar-refractivity contribution in [1.82, 2.24) is 0 Å². The van der Waals surface area contributed by atoms with E-state index in [2.05, 4.69) is 0 Å². The average molecular weight is 185 g/mol. The fraction of sp³-hybridized carbons (Fsp3) is 0.500. The molecule has 0 bridgehead atoms. The van der Waals surface area contributed by atoms with E-state index in [0.717, 1.165) is 0 Å². The molecule has 0 N–H and O–H groups in total. The number of halogens is 3. The van der Waals surface area contributed by atoms with Crippen molar-refractivity contribution in [2.75, 3.05) is 0 Å². The van der Waals surface area contributed by atoms with Crippen molar-refractivity contribution in [3.63, 3.8) is 0 Å². The van der Waals surface area contributed by atoms with Crippen molar-refractivity contribution in [2.45, 2.75) is 3.79 Å². The van der Waals surface area contributed by atoms with E-state index in [9.17, 15) is 9.90 Å². The Morgan fingerprint density at radius 1 is 1.38 bits per heavy atom. The largest absolute Gasteiger partial charge is 1.00 e. The molecule has 8 heavy (non-hydrogen) atoms. The number of hydrogen-bond donors (Lipinski definition) is 0. The zero-order valence-corrected chi connectivity index (χ0v) is 8.22. The van der Waals surface area contributed by atoms with Gasteiger partial charge in [0.15, 0.2) is 0 Å². The molecule has 0 rings (SSSR count). The van der Waals surface area contributed by atoms with Crippen molar-refractivity contribution in [3.8, 4) is 0 Å². The molecule has 0 spiro atoms. The second-order valence-electron chi connectivity index (χ2n) is 0.785. The van der Waals surface area contributed by atoms with Crippen LogP contribution in [-0.4, -0.2) is 9.76 Å². The first-order chi connectivity index (χ1) is 2.94. The summed E-state index contributed by atoms with van der Waals surface area (Å²) in [6.07, 6.45) is 0. The Labute approximate surface area is 83.4 Å². The van der Waals surface area contributed by atoms with Crippen LogP contribution < -0.4 is 34.7 Å². The summed E-state index contributed by atoms with van der Waals surface area (Å²) in [6.45, 7) is 0. The number of carboxylic acid groups (broad SMARTS) is 1. The molecule has 42 valence electrons. The molecular weight excluding hydrogens is 185 g/mol. The molecule has 0 aliphatic carbocycles. The van der Waals surface area contributed by atoms with E-state index in [-0.39, 0.29) is 29.6 Å². The average Bonchev–Trinajstić information content (AvgIpc) is 1.31. The first-order valence-electron chi connectivity index (χ1n) is 1.23. The predicted molar refractivity (Wildman–Crippen MR) is 25.3 cm³/mol. The van der Waals surface area contributed by atoms with Crippen LogP contribution in [0.5, 0.6) is 0 Å². The van der Waals surface area contributed by atoms with Crippen molar-refractivity contribution >= 4 is 40.8 Å². The summed E-state index contributed by atoms with van der Waals surface area (Å²) in [5.74, 6) is -1.71. The quantitative estimate of drug-likeness (QED) is 0.300.